The normalized spacial score (nSPS) is 13.5. The molecule has 0 saturated heterocycles. The molecule has 1 N–H and O–H groups in total. The lowest BCUT2D eigenvalue weighted by molar-refractivity contribution is 0.0489. The fraction of sp³-hybridized carbons (Fsp3) is 0.667. The summed E-state index contributed by atoms with van der Waals surface area (Å²) in [6, 6.07) is -0.0927. The first-order valence-electron chi connectivity index (χ1n) is 5.68. The van der Waals surface area contributed by atoms with Gasteiger partial charge in [-0.3, -0.25) is 0 Å². The molecular weight excluding hydrogens is 236 g/mol. The molecule has 0 saturated carbocycles. The lowest BCUT2D eigenvalue weighted by Gasteiger charge is -2.24. The van der Waals surface area contributed by atoms with Crippen molar-refractivity contribution in [2.24, 2.45) is 5.92 Å². The summed E-state index contributed by atoms with van der Waals surface area (Å²) in [6.07, 6.45) is 1.35. The number of ether oxygens (including phenoxy) is 1. The van der Waals surface area contributed by atoms with Gasteiger partial charge in [-0.2, -0.15) is 0 Å². The zero-order valence-electron chi connectivity index (χ0n) is 11.0. The Bertz CT molecular complexity index is 355. The summed E-state index contributed by atoms with van der Waals surface area (Å²) >= 11 is 1.54. The Morgan fingerprint density at radius 1 is 1.47 bits per heavy atom. The van der Waals surface area contributed by atoms with Crippen molar-refractivity contribution in [1.82, 2.24) is 10.3 Å². The van der Waals surface area contributed by atoms with Gasteiger partial charge in [0.05, 0.1) is 6.04 Å². The first-order chi connectivity index (χ1) is 7.79. The molecule has 1 aromatic rings. The number of hydrogen-bond donors (Lipinski definition) is 1. The van der Waals surface area contributed by atoms with Gasteiger partial charge in [-0.05, 0) is 26.7 Å². The van der Waals surface area contributed by atoms with Gasteiger partial charge in [0, 0.05) is 11.6 Å². The summed E-state index contributed by atoms with van der Waals surface area (Å²) in [5.41, 5.74) is -0.478. The first-order valence-corrected chi connectivity index (χ1v) is 6.56. The Morgan fingerprint density at radius 2 is 2.12 bits per heavy atom. The number of rotatable bonds is 3. The minimum absolute atomic E-state index is 0.0927. The second kappa shape index (κ2) is 5.49. The average Bonchev–Trinajstić information content (AvgIpc) is 2.63. The lowest BCUT2D eigenvalue weighted by Crippen LogP contribution is -2.36. The Labute approximate surface area is 106 Å². The predicted molar refractivity (Wildman–Crippen MR) is 69.1 cm³/mol. The number of nitrogens with one attached hydrogen (secondary N) is 1. The van der Waals surface area contributed by atoms with Gasteiger partial charge in [0.15, 0.2) is 0 Å². The summed E-state index contributed by atoms with van der Waals surface area (Å²) < 4.78 is 5.24. The van der Waals surface area contributed by atoms with Crippen LogP contribution in [0.15, 0.2) is 11.6 Å². The average molecular weight is 256 g/mol. The molecule has 96 valence electrons. The van der Waals surface area contributed by atoms with Gasteiger partial charge in [0.25, 0.3) is 0 Å². The van der Waals surface area contributed by atoms with Crippen LogP contribution in [0.4, 0.5) is 4.79 Å². The fourth-order valence-electron chi connectivity index (χ4n) is 1.34. The molecule has 0 bridgehead atoms. The van der Waals surface area contributed by atoms with E-state index in [1.54, 1.807) is 6.20 Å². The molecular formula is C12H20N2O2S. The number of nitrogens with zero attached hydrogens (tertiary/aromatic N) is 1. The minimum Gasteiger partial charge on any atom is -0.444 e. The molecule has 0 aliphatic rings. The van der Waals surface area contributed by atoms with Gasteiger partial charge >= 0.3 is 6.09 Å². The Hall–Kier alpha value is -1.10. The maximum Gasteiger partial charge on any atom is 0.408 e. The third-order valence-corrected chi connectivity index (χ3v) is 2.92. The number of carbonyl (C=O) groups is 1. The highest BCUT2D eigenvalue weighted by Gasteiger charge is 2.24. The van der Waals surface area contributed by atoms with Gasteiger partial charge in [-0.25, -0.2) is 9.78 Å². The van der Waals surface area contributed by atoms with Crippen molar-refractivity contribution < 1.29 is 9.53 Å². The van der Waals surface area contributed by atoms with E-state index in [0.717, 1.165) is 5.01 Å². The van der Waals surface area contributed by atoms with E-state index in [1.165, 1.54) is 11.3 Å². The molecule has 4 nitrogen and oxygen atoms in total. The number of hydrogen-bond acceptors (Lipinski definition) is 4. The molecule has 0 aromatic carbocycles. The van der Waals surface area contributed by atoms with Crippen LogP contribution in [0.5, 0.6) is 0 Å². The fourth-order valence-corrected chi connectivity index (χ4v) is 2.20. The highest BCUT2D eigenvalue weighted by molar-refractivity contribution is 7.09. The summed E-state index contributed by atoms with van der Waals surface area (Å²) in [5.74, 6) is 0.272. The summed E-state index contributed by atoms with van der Waals surface area (Å²) in [5, 5.41) is 5.67. The van der Waals surface area contributed by atoms with Gasteiger partial charge in [0.1, 0.15) is 10.6 Å². The second-order valence-corrected chi connectivity index (χ2v) is 6.16. The Morgan fingerprint density at radius 3 is 2.53 bits per heavy atom. The largest absolute Gasteiger partial charge is 0.444 e. The van der Waals surface area contributed by atoms with Crippen molar-refractivity contribution in [2.45, 2.75) is 46.3 Å². The molecule has 5 heteroatoms. The number of amides is 1. The standard InChI is InChI=1S/C12H20N2O2S/c1-8(2)9(10-13-6-7-17-10)14-11(15)16-12(3,4)5/h6-9H,1-5H3,(H,14,15)/t9-/m0/s1. The quantitative estimate of drug-likeness (QED) is 0.902. The smallest absolute Gasteiger partial charge is 0.408 e. The zero-order valence-corrected chi connectivity index (χ0v) is 11.8. The van der Waals surface area contributed by atoms with E-state index in [1.807, 2.05) is 40.0 Å². The van der Waals surface area contributed by atoms with Crippen molar-refractivity contribution in [3.63, 3.8) is 0 Å². The van der Waals surface area contributed by atoms with Crippen LogP contribution < -0.4 is 5.32 Å². The second-order valence-electron chi connectivity index (χ2n) is 5.24. The molecule has 0 aliphatic heterocycles. The highest BCUT2D eigenvalue weighted by atomic mass is 32.1. The number of alkyl carbamates (subject to hydrolysis) is 1. The van der Waals surface area contributed by atoms with E-state index in [0.29, 0.717) is 0 Å². The van der Waals surface area contributed by atoms with E-state index in [-0.39, 0.29) is 12.0 Å². The molecule has 1 amide bonds. The van der Waals surface area contributed by atoms with E-state index >= 15 is 0 Å². The van der Waals surface area contributed by atoms with Crippen LogP contribution in [0.3, 0.4) is 0 Å². The molecule has 1 atom stereocenters. The number of thiazole rings is 1. The van der Waals surface area contributed by atoms with Crippen LogP contribution in [0, 0.1) is 5.92 Å². The number of carbonyl (C=O) groups excluding carboxylic acids is 1. The van der Waals surface area contributed by atoms with Gasteiger partial charge < -0.3 is 10.1 Å². The minimum atomic E-state index is -0.478. The highest BCUT2D eigenvalue weighted by Crippen LogP contribution is 2.23. The van der Waals surface area contributed by atoms with Crippen LogP contribution in [-0.2, 0) is 4.74 Å². The molecule has 0 aliphatic carbocycles. The molecule has 0 spiro atoms. The molecule has 0 fully saturated rings. The van der Waals surface area contributed by atoms with Crippen LogP contribution in [0.1, 0.15) is 45.7 Å². The van der Waals surface area contributed by atoms with E-state index in [9.17, 15) is 4.79 Å². The Kier molecular flexibility index (Phi) is 4.51. The molecule has 1 aromatic heterocycles. The van der Waals surface area contributed by atoms with Crippen molar-refractivity contribution in [1.29, 1.82) is 0 Å². The third-order valence-electron chi connectivity index (χ3n) is 2.06. The molecule has 1 heterocycles. The predicted octanol–water partition coefficient (Wildman–Crippen LogP) is 3.36. The van der Waals surface area contributed by atoms with Crippen molar-refractivity contribution >= 4 is 17.4 Å². The van der Waals surface area contributed by atoms with Crippen LogP contribution in [0.25, 0.3) is 0 Å². The van der Waals surface area contributed by atoms with E-state index in [2.05, 4.69) is 10.3 Å². The SMILES string of the molecule is CC(C)[C@H](NC(=O)OC(C)(C)C)c1nccs1. The van der Waals surface area contributed by atoms with E-state index in [4.69, 9.17) is 4.74 Å². The first kappa shape index (κ1) is 14.0. The van der Waals surface area contributed by atoms with E-state index < -0.39 is 11.7 Å². The maximum absolute atomic E-state index is 11.7. The van der Waals surface area contributed by atoms with Crippen LogP contribution in [0.2, 0.25) is 0 Å². The molecule has 0 radical (unpaired) electrons. The van der Waals surface area contributed by atoms with Gasteiger partial charge in [-0.1, -0.05) is 13.8 Å². The van der Waals surface area contributed by atoms with Crippen molar-refractivity contribution in [3.8, 4) is 0 Å². The van der Waals surface area contributed by atoms with Crippen molar-refractivity contribution in [2.75, 3.05) is 0 Å². The van der Waals surface area contributed by atoms with Crippen molar-refractivity contribution in [3.05, 3.63) is 16.6 Å². The van der Waals surface area contributed by atoms with Gasteiger partial charge in [-0.15, -0.1) is 11.3 Å². The van der Waals surface area contributed by atoms with Crippen LogP contribution >= 0.6 is 11.3 Å². The maximum atomic E-state index is 11.7. The monoisotopic (exact) mass is 256 g/mol. The van der Waals surface area contributed by atoms with Crippen LogP contribution in [-0.4, -0.2) is 16.7 Å². The lowest BCUT2D eigenvalue weighted by atomic mass is 10.1. The summed E-state index contributed by atoms with van der Waals surface area (Å²) in [4.78, 5) is 15.9. The summed E-state index contributed by atoms with van der Waals surface area (Å²) in [7, 11) is 0. The Balaban J connectivity index is 2.66. The van der Waals surface area contributed by atoms with Gasteiger partial charge in [0.2, 0.25) is 0 Å². The number of aromatic nitrogens is 1. The molecule has 0 unspecified atom stereocenters. The third kappa shape index (κ3) is 4.73. The zero-order chi connectivity index (χ0) is 13.1. The summed E-state index contributed by atoms with van der Waals surface area (Å²) in [6.45, 7) is 9.63. The molecule has 17 heavy (non-hydrogen) atoms. The topological polar surface area (TPSA) is 51.2 Å². The molecule has 1 rings (SSSR count).